The van der Waals surface area contributed by atoms with Crippen LogP contribution in [0.5, 0.6) is 0 Å². The fourth-order valence-electron chi connectivity index (χ4n) is 1.08. The first-order chi connectivity index (χ1) is 6.74. The molecule has 1 unspecified atom stereocenters. The van der Waals surface area contributed by atoms with E-state index >= 15 is 0 Å². The van der Waals surface area contributed by atoms with Crippen molar-refractivity contribution in [2.45, 2.75) is 19.1 Å². The summed E-state index contributed by atoms with van der Waals surface area (Å²) in [5.41, 5.74) is 6.13. The number of rotatable bonds is 5. The minimum atomic E-state index is -0.588. The molecule has 14 heavy (non-hydrogen) atoms. The lowest BCUT2D eigenvalue weighted by Crippen LogP contribution is -2.30. The van der Waals surface area contributed by atoms with E-state index in [2.05, 4.69) is 6.92 Å². The van der Waals surface area contributed by atoms with Crippen molar-refractivity contribution in [3.05, 3.63) is 42.8 Å². The van der Waals surface area contributed by atoms with Crippen LogP contribution in [0.4, 0.5) is 0 Å². The molecule has 0 saturated carbocycles. The van der Waals surface area contributed by atoms with E-state index in [-0.39, 0.29) is 0 Å². The van der Waals surface area contributed by atoms with Gasteiger partial charge < -0.3 is 10.5 Å². The topological polar surface area (TPSA) is 52.3 Å². The third kappa shape index (κ3) is 3.18. The number of primary amides is 1. The van der Waals surface area contributed by atoms with Crippen LogP contribution in [-0.4, -0.2) is 12.0 Å². The van der Waals surface area contributed by atoms with Gasteiger partial charge in [-0.2, -0.15) is 0 Å². The van der Waals surface area contributed by atoms with Crippen LogP contribution in [-0.2, 0) is 16.1 Å². The second kappa shape index (κ2) is 5.40. The molecule has 0 aliphatic rings. The Morgan fingerprint density at radius 2 is 2.07 bits per heavy atom. The molecule has 1 aromatic carbocycles. The number of carbonyl (C=O) groups is 1. The van der Waals surface area contributed by atoms with Crippen molar-refractivity contribution in [2.75, 3.05) is 0 Å². The minimum absolute atomic E-state index is 0.363. The molecule has 0 saturated heterocycles. The second-order valence-corrected chi connectivity index (χ2v) is 2.98. The third-order valence-electron chi connectivity index (χ3n) is 1.87. The van der Waals surface area contributed by atoms with Crippen molar-refractivity contribution >= 4 is 5.91 Å². The van der Waals surface area contributed by atoms with Crippen molar-refractivity contribution in [2.24, 2.45) is 5.73 Å². The van der Waals surface area contributed by atoms with Gasteiger partial charge in [-0.15, -0.1) is 0 Å². The van der Waals surface area contributed by atoms with Crippen molar-refractivity contribution in [3.63, 3.8) is 0 Å². The lowest BCUT2D eigenvalue weighted by atomic mass is 10.2. The maximum atomic E-state index is 10.8. The van der Waals surface area contributed by atoms with E-state index in [1.807, 2.05) is 30.3 Å². The highest BCUT2D eigenvalue weighted by atomic mass is 16.5. The SMILES string of the molecule is [CH2]CC(OCc1ccccc1)C(N)=O. The Kier molecular flexibility index (Phi) is 4.13. The molecule has 0 bridgehead atoms. The summed E-state index contributed by atoms with van der Waals surface area (Å²) in [5.74, 6) is -0.462. The average Bonchev–Trinajstić information content (AvgIpc) is 2.20. The first-order valence-corrected chi connectivity index (χ1v) is 4.48. The summed E-state index contributed by atoms with van der Waals surface area (Å²) in [7, 11) is 0. The van der Waals surface area contributed by atoms with E-state index in [1.54, 1.807) is 0 Å². The summed E-state index contributed by atoms with van der Waals surface area (Å²) < 4.78 is 5.30. The maximum absolute atomic E-state index is 10.8. The van der Waals surface area contributed by atoms with Gasteiger partial charge in [0.1, 0.15) is 6.10 Å². The van der Waals surface area contributed by atoms with Gasteiger partial charge >= 0.3 is 0 Å². The molecule has 2 N–H and O–H groups in total. The highest BCUT2D eigenvalue weighted by Crippen LogP contribution is 2.04. The lowest BCUT2D eigenvalue weighted by Gasteiger charge is -2.11. The van der Waals surface area contributed by atoms with Crippen LogP contribution < -0.4 is 5.73 Å². The first kappa shape index (κ1) is 10.7. The van der Waals surface area contributed by atoms with Crippen LogP contribution in [0.3, 0.4) is 0 Å². The fourth-order valence-corrected chi connectivity index (χ4v) is 1.08. The van der Waals surface area contributed by atoms with Crippen molar-refractivity contribution in [1.29, 1.82) is 0 Å². The molecule has 0 aliphatic carbocycles. The smallest absolute Gasteiger partial charge is 0.246 e. The molecule has 0 aliphatic heterocycles. The molecule has 1 aromatic rings. The van der Waals surface area contributed by atoms with Crippen LogP contribution in [0.15, 0.2) is 30.3 Å². The Balaban J connectivity index is 2.44. The van der Waals surface area contributed by atoms with E-state index < -0.39 is 12.0 Å². The van der Waals surface area contributed by atoms with Gasteiger partial charge in [0.05, 0.1) is 6.61 Å². The summed E-state index contributed by atoms with van der Waals surface area (Å²) in [6.45, 7) is 3.99. The molecule has 1 amide bonds. The van der Waals surface area contributed by atoms with Crippen LogP contribution in [0.25, 0.3) is 0 Å². The Bertz CT molecular complexity index is 285. The van der Waals surface area contributed by atoms with E-state index in [4.69, 9.17) is 10.5 Å². The highest BCUT2D eigenvalue weighted by molar-refractivity contribution is 5.78. The molecule has 0 aromatic heterocycles. The van der Waals surface area contributed by atoms with Crippen LogP contribution >= 0.6 is 0 Å². The second-order valence-electron chi connectivity index (χ2n) is 2.98. The zero-order chi connectivity index (χ0) is 10.4. The third-order valence-corrected chi connectivity index (χ3v) is 1.87. The van der Waals surface area contributed by atoms with Gasteiger partial charge in [-0.1, -0.05) is 37.3 Å². The fraction of sp³-hybridized carbons (Fsp3) is 0.273. The number of hydrogen-bond donors (Lipinski definition) is 1. The predicted molar refractivity (Wildman–Crippen MR) is 54.2 cm³/mol. The Hall–Kier alpha value is -1.35. The largest absolute Gasteiger partial charge is 0.367 e. The number of amides is 1. The molecule has 75 valence electrons. The van der Waals surface area contributed by atoms with Crippen molar-refractivity contribution in [3.8, 4) is 0 Å². The summed E-state index contributed by atoms with van der Waals surface area (Å²) >= 11 is 0. The van der Waals surface area contributed by atoms with Crippen molar-refractivity contribution < 1.29 is 9.53 Å². The zero-order valence-electron chi connectivity index (χ0n) is 7.98. The summed E-state index contributed by atoms with van der Waals surface area (Å²) in [5, 5.41) is 0. The van der Waals surface area contributed by atoms with E-state index in [0.29, 0.717) is 13.0 Å². The van der Waals surface area contributed by atoms with Crippen LogP contribution in [0.1, 0.15) is 12.0 Å². The molecular formula is C11H14NO2. The predicted octanol–water partition coefficient (Wildman–Crippen LogP) is 1.28. The molecule has 3 heteroatoms. The molecule has 0 heterocycles. The standard InChI is InChI=1S/C11H14NO2/c1-2-10(11(12)13)14-8-9-6-4-3-5-7-9/h3-7,10H,1-2,8H2,(H2,12,13). The molecule has 0 fully saturated rings. The zero-order valence-corrected chi connectivity index (χ0v) is 7.98. The number of carbonyl (C=O) groups excluding carboxylic acids is 1. The van der Waals surface area contributed by atoms with Crippen LogP contribution in [0, 0.1) is 6.92 Å². The van der Waals surface area contributed by atoms with Gasteiger partial charge in [0.2, 0.25) is 5.91 Å². The molecule has 1 radical (unpaired) electrons. The summed E-state index contributed by atoms with van der Waals surface area (Å²) in [6.07, 6.45) is -0.225. The number of ether oxygens (including phenoxy) is 1. The van der Waals surface area contributed by atoms with Crippen LogP contribution in [0.2, 0.25) is 0 Å². The highest BCUT2D eigenvalue weighted by Gasteiger charge is 2.12. The Labute approximate surface area is 83.9 Å². The molecule has 3 nitrogen and oxygen atoms in total. The number of nitrogens with two attached hydrogens (primary N) is 1. The van der Waals surface area contributed by atoms with Gasteiger partial charge in [-0.3, -0.25) is 4.79 Å². The summed E-state index contributed by atoms with van der Waals surface area (Å²) in [6, 6.07) is 9.63. The number of hydrogen-bond acceptors (Lipinski definition) is 2. The Morgan fingerprint density at radius 1 is 1.43 bits per heavy atom. The van der Waals surface area contributed by atoms with E-state index in [0.717, 1.165) is 5.56 Å². The van der Waals surface area contributed by atoms with Gasteiger partial charge in [0.15, 0.2) is 0 Å². The minimum Gasteiger partial charge on any atom is -0.367 e. The maximum Gasteiger partial charge on any atom is 0.246 e. The van der Waals surface area contributed by atoms with Crippen molar-refractivity contribution in [1.82, 2.24) is 0 Å². The average molecular weight is 192 g/mol. The van der Waals surface area contributed by atoms with E-state index in [9.17, 15) is 4.79 Å². The lowest BCUT2D eigenvalue weighted by molar-refractivity contribution is -0.130. The van der Waals surface area contributed by atoms with Gasteiger partial charge in [0.25, 0.3) is 0 Å². The van der Waals surface area contributed by atoms with E-state index in [1.165, 1.54) is 0 Å². The quantitative estimate of drug-likeness (QED) is 0.764. The summed E-state index contributed by atoms with van der Waals surface area (Å²) in [4.78, 5) is 10.8. The molecule has 0 spiro atoms. The van der Waals surface area contributed by atoms with Gasteiger partial charge in [0, 0.05) is 0 Å². The molecular weight excluding hydrogens is 178 g/mol. The van der Waals surface area contributed by atoms with Gasteiger partial charge in [-0.25, -0.2) is 0 Å². The number of benzene rings is 1. The monoisotopic (exact) mass is 192 g/mol. The molecule has 1 atom stereocenters. The first-order valence-electron chi connectivity index (χ1n) is 4.48. The van der Waals surface area contributed by atoms with Gasteiger partial charge in [-0.05, 0) is 12.0 Å². The molecule has 1 rings (SSSR count). The normalized spacial score (nSPS) is 12.4. The Morgan fingerprint density at radius 3 is 2.57 bits per heavy atom.